The lowest BCUT2D eigenvalue weighted by molar-refractivity contribution is -0.134. The standard InChI is InChI=1S/C26H22ClNO6S/c1-16-3-10-21(11-4-16)35(31,32)28-14-13-24(29)34-20-9-12-22-23(15-20)33-17(2)25(26(22)30)18-5-7-19(27)8-6-18/h3-12,15,28H,13-14H2,1-2H3. The first-order chi connectivity index (χ1) is 16.6. The summed E-state index contributed by atoms with van der Waals surface area (Å²) >= 11 is 5.94. The van der Waals surface area contributed by atoms with Gasteiger partial charge in [-0.25, -0.2) is 13.1 Å². The van der Waals surface area contributed by atoms with Crippen LogP contribution in [0.1, 0.15) is 17.7 Å². The highest BCUT2D eigenvalue weighted by molar-refractivity contribution is 7.89. The molecule has 0 aliphatic heterocycles. The predicted molar refractivity (Wildman–Crippen MR) is 134 cm³/mol. The Morgan fingerprint density at radius 2 is 1.69 bits per heavy atom. The van der Waals surface area contributed by atoms with Crippen molar-refractivity contribution in [3.63, 3.8) is 0 Å². The number of carbonyl (C=O) groups is 1. The molecule has 4 rings (SSSR count). The Morgan fingerprint density at radius 3 is 2.37 bits per heavy atom. The van der Waals surface area contributed by atoms with Gasteiger partial charge in [0.25, 0.3) is 0 Å². The van der Waals surface area contributed by atoms with E-state index in [1.165, 1.54) is 30.3 Å². The number of aryl methyl sites for hydroxylation is 2. The molecule has 4 aromatic rings. The van der Waals surface area contributed by atoms with Gasteiger partial charge in [0.1, 0.15) is 17.1 Å². The SMILES string of the molecule is Cc1ccc(S(=O)(=O)NCCC(=O)Oc2ccc3c(=O)c(-c4ccc(Cl)cc4)c(C)oc3c2)cc1. The van der Waals surface area contributed by atoms with Crippen LogP contribution in [0.25, 0.3) is 22.1 Å². The summed E-state index contributed by atoms with van der Waals surface area (Å²) in [5.41, 5.74) is 2.12. The lowest BCUT2D eigenvalue weighted by Gasteiger charge is -2.09. The molecule has 0 radical (unpaired) electrons. The zero-order chi connectivity index (χ0) is 25.2. The second kappa shape index (κ2) is 10.0. The van der Waals surface area contributed by atoms with Gasteiger partial charge >= 0.3 is 5.97 Å². The topological polar surface area (TPSA) is 103 Å². The minimum Gasteiger partial charge on any atom is -0.460 e. The molecule has 0 saturated heterocycles. The fraction of sp³-hybridized carbons (Fsp3) is 0.154. The third kappa shape index (κ3) is 5.62. The zero-order valence-electron chi connectivity index (χ0n) is 19.0. The third-order valence-corrected chi connectivity index (χ3v) is 7.09. The number of fused-ring (bicyclic) bond motifs is 1. The Labute approximate surface area is 207 Å². The number of ether oxygens (including phenoxy) is 1. The quantitative estimate of drug-likeness (QED) is 0.276. The van der Waals surface area contributed by atoms with Crippen molar-refractivity contribution >= 4 is 38.6 Å². The van der Waals surface area contributed by atoms with Gasteiger partial charge < -0.3 is 9.15 Å². The van der Waals surface area contributed by atoms with Crippen LogP contribution in [-0.4, -0.2) is 20.9 Å². The highest BCUT2D eigenvalue weighted by Crippen LogP contribution is 2.27. The first kappa shape index (κ1) is 24.7. The van der Waals surface area contributed by atoms with Crippen LogP contribution >= 0.6 is 11.6 Å². The van der Waals surface area contributed by atoms with Gasteiger partial charge in [-0.1, -0.05) is 41.4 Å². The summed E-state index contributed by atoms with van der Waals surface area (Å²) in [4.78, 5) is 25.4. The summed E-state index contributed by atoms with van der Waals surface area (Å²) < 4.78 is 38.2. The van der Waals surface area contributed by atoms with Crippen LogP contribution in [0.5, 0.6) is 5.75 Å². The van der Waals surface area contributed by atoms with E-state index >= 15 is 0 Å². The van der Waals surface area contributed by atoms with Crippen molar-refractivity contribution in [2.75, 3.05) is 6.54 Å². The normalized spacial score (nSPS) is 11.5. The van der Waals surface area contributed by atoms with Gasteiger partial charge in [0.15, 0.2) is 0 Å². The van der Waals surface area contributed by atoms with E-state index in [0.29, 0.717) is 27.3 Å². The second-order valence-electron chi connectivity index (χ2n) is 7.96. The second-order valence-corrected chi connectivity index (χ2v) is 10.2. The summed E-state index contributed by atoms with van der Waals surface area (Å²) in [6.07, 6.45) is -0.179. The van der Waals surface area contributed by atoms with Gasteiger partial charge in [0.05, 0.1) is 22.3 Å². The summed E-state index contributed by atoms with van der Waals surface area (Å²) in [6, 6.07) is 17.8. The summed E-state index contributed by atoms with van der Waals surface area (Å²) in [6.45, 7) is 3.42. The van der Waals surface area contributed by atoms with Crippen LogP contribution < -0.4 is 14.9 Å². The first-order valence-electron chi connectivity index (χ1n) is 10.7. The fourth-order valence-electron chi connectivity index (χ4n) is 3.57. The monoisotopic (exact) mass is 511 g/mol. The smallest absolute Gasteiger partial charge is 0.312 e. The molecule has 180 valence electrons. The molecule has 0 atom stereocenters. The number of hydrogen-bond donors (Lipinski definition) is 1. The number of nitrogens with one attached hydrogen (secondary N) is 1. The molecule has 0 spiro atoms. The molecule has 1 aromatic heterocycles. The van der Waals surface area contributed by atoms with E-state index in [4.69, 9.17) is 20.8 Å². The number of esters is 1. The molecule has 1 heterocycles. The molecule has 3 aromatic carbocycles. The summed E-state index contributed by atoms with van der Waals surface area (Å²) in [5, 5.41) is 0.900. The van der Waals surface area contributed by atoms with Crippen molar-refractivity contribution in [3.05, 3.63) is 93.3 Å². The molecule has 0 bridgehead atoms. The van der Waals surface area contributed by atoms with Crippen molar-refractivity contribution in [2.24, 2.45) is 0 Å². The Morgan fingerprint density at radius 1 is 1.00 bits per heavy atom. The molecular weight excluding hydrogens is 490 g/mol. The van der Waals surface area contributed by atoms with Gasteiger partial charge in [-0.15, -0.1) is 0 Å². The van der Waals surface area contributed by atoms with Gasteiger partial charge in [0.2, 0.25) is 15.5 Å². The van der Waals surface area contributed by atoms with Gasteiger partial charge in [-0.3, -0.25) is 9.59 Å². The van der Waals surface area contributed by atoms with Crippen LogP contribution in [0.15, 0.2) is 80.8 Å². The van der Waals surface area contributed by atoms with Crippen LogP contribution in [0.2, 0.25) is 5.02 Å². The maximum Gasteiger partial charge on any atom is 0.312 e. The Bertz CT molecular complexity index is 1560. The van der Waals surface area contributed by atoms with E-state index in [0.717, 1.165) is 5.56 Å². The van der Waals surface area contributed by atoms with Crippen LogP contribution in [0, 0.1) is 13.8 Å². The lowest BCUT2D eigenvalue weighted by Crippen LogP contribution is -2.27. The summed E-state index contributed by atoms with van der Waals surface area (Å²) in [7, 11) is -3.73. The van der Waals surface area contributed by atoms with Crippen molar-refractivity contribution in [1.82, 2.24) is 4.72 Å². The number of rotatable bonds is 7. The van der Waals surface area contributed by atoms with Gasteiger partial charge in [-0.05, 0) is 55.8 Å². The van der Waals surface area contributed by atoms with E-state index in [2.05, 4.69) is 4.72 Å². The van der Waals surface area contributed by atoms with Crippen molar-refractivity contribution < 1.29 is 22.4 Å². The number of benzene rings is 3. The van der Waals surface area contributed by atoms with E-state index in [1.807, 2.05) is 6.92 Å². The van der Waals surface area contributed by atoms with E-state index in [-0.39, 0.29) is 34.6 Å². The van der Waals surface area contributed by atoms with Gasteiger partial charge in [0, 0.05) is 17.6 Å². The molecular formula is C26H22ClNO6S. The fourth-order valence-corrected chi connectivity index (χ4v) is 4.73. The molecule has 0 fully saturated rings. The molecule has 9 heteroatoms. The maximum atomic E-state index is 13.1. The van der Waals surface area contributed by atoms with E-state index in [9.17, 15) is 18.0 Å². The van der Waals surface area contributed by atoms with Crippen LogP contribution in [-0.2, 0) is 14.8 Å². The Hall–Kier alpha value is -3.46. The summed E-state index contributed by atoms with van der Waals surface area (Å²) in [5.74, 6) is -0.0303. The molecule has 0 aliphatic rings. The molecule has 7 nitrogen and oxygen atoms in total. The molecule has 35 heavy (non-hydrogen) atoms. The average molecular weight is 512 g/mol. The zero-order valence-corrected chi connectivity index (χ0v) is 20.6. The number of halogens is 1. The van der Waals surface area contributed by atoms with Gasteiger partial charge in [-0.2, -0.15) is 0 Å². The molecule has 0 amide bonds. The maximum absolute atomic E-state index is 13.1. The Balaban J connectivity index is 1.45. The van der Waals surface area contributed by atoms with Crippen LogP contribution in [0.4, 0.5) is 0 Å². The molecule has 0 unspecified atom stereocenters. The highest BCUT2D eigenvalue weighted by Gasteiger charge is 2.17. The van der Waals surface area contributed by atoms with Crippen molar-refractivity contribution in [2.45, 2.75) is 25.2 Å². The largest absolute Gasteiger partial charge is 0.460 e. The number of carbonyl (C=O) groups excluding carboxylic acids is 1. The van der Waals surface area contributed by atoms with E-state index in [1.54, 1.807) is 43.3 Å². The molecule has 0 aliphatic carbocycles. The average Bonchev–Trinajstić information content (AvgIpc) is 2.80. The predicted octanol–water partition coefficient (Wildman–Crippen LogP) is 5.00. The minimum absolute atomic E-state index is 0.120. The lowest BCUT2D eigenvalue weighted by atomic mass is 10.0. The third-order valence-electron chi connectivity index (χ3n) is 5.36. The first-order valence-corrected chi connectivity index (χ1v) is 12.6. The molecule has 0 saturated carbocycles. The van der Waals surface area contributed by atoms with E-state index < -0.39 is 16.0 Å². The number of sulfonamides is 1. The van der Waals surface area contributed by atoms with Crippen molar-refractivity contribution in [3.8, 4) is 16.9 Å². The minimum atomic E-state index is -3.73. The Kier molecular flexibility index (Phi) is 7.07. The van der Waals surface area contributed by atoms with Crippen LogP contribution in [0.3, 0.4) is 0 Å². The number of hydrogen-bond acceptors (Lipinski definition) is 6. The van der Waals surface area contributed by atoms with Crippen molar-refractivity contribution in [1.29, 1.82) is 0 Å². The molecule has 1 N–H and O–H groups in total. The highest BCUT2D eigenvalue weighted by atomic mass is 35.5.